The molecule has 4 amide bonds. The second-order valence-electron chi connectivity index (χ2n) is 8.30. The molecule has 3 heterocycles. The van der Waals surface area contributed by atoms with E-state index in [9.17, 15) is 19.2 Å². The number of benzene rings is 2. The monoisotopic (exact) mass is 466 g/mol. The van der Waals surface area contributed by atoms with Crippen LogP contribution in [-0.4, -0.2) is 59.2 Å². The highest BCUT2D eigenvalue weighted by Gasteiger charge is 2.40. The molecule has 9 nitrogen and oxygen atoms in total. The van der Waals surface area contributed by atoms with E-state index < -0.39 is 18.5 Å². The van der Waals surface area contributed by atoms with Crippen LogP contribution in [0.1, 0.15) is 44.0 Å². The van der Waals surface area contributed by atoms with Crippen LogP contribution in [0.4, 0.5) is 0 Å². The lowest BCUT2D eigenvalue weighted by Crippen LogP contribution is -2.52. The molecule has 3 aliphatic heterocycles. The lowest BCUT2D eigenvalue weighted by atomic mass is 10.0. The molecule has 34 heavy (non-hydrogen) atoms. The SMILES string of the molecule is [2H]c1c(COc2cccc3c2CN(C2CCC(=O)NC2=O)C3=O)ccc(C([2H])N2CCOCC2=O)c1[2H]. The Morgan fingerprint density at radius 3 is 2.79 bits per heavy atom. The minimum atomic E-state index is -1.11. The van der Waals surface area contributed by atoms with Crippen molar-refractivity contribution in [3.05, 3.63) is 64.7 Å². The number of piperidine rings is 1. The first-order valence-electron chi connectivity index (χ1n) is 12.6. The standard InChI is InChI=1S/C25H25N3O6/c29-22-9-8-20(24(31)26-22)28-13-19-18(25(28)32)2-1-3-21(19)34-14-17-6-4-16(5-7-17)12-27-10-11-33-15-23(27)30/h1-7,20H,8-15H2,(H,26,29,31)/i4D,6D,12D. The van der Waals surface area contributed by atoms with Crippen LogP contribution < -0.4 is 10.1 Å². The van der Waals surface area contributed by atoms with Gasteiger partial charge in [0.1, 0.15) is 25.0 Å². The molecule has 2 fully saturated rings. The summed E-state index contributed by atoms with van der Waals surface area (Å²) < 4.78 is 36.4. The highest BCUT2D eigenvalue weighted by Crippen LogP contribution is 2.34. The molecule has 0 aliphatic carbocycles. The van der Waals surface area contributed by atoms with Crippen LogP contribution in [0, 0.1) is 0 Å². The molecule has 2 aromatic rings. The molecule has 1 N–H and O–H groups in total. The Labute approximate surface area is 200 Å². The van der Waals surface area contributed by atoms with Gasteiger partial charge in [0, 0.05) is 30.6 Å². The first-order valence-corrected chi connectivity index (χ1v) is 11.0. The summed E-state index contributed by atoms with van der Waals surface area (Å²) in [6.07, 6.45) is 0.422. The molecule has 2 unspecified atom stereocenters. The van der Waals surface area contributed by atoms with Gasteiger partial charge in [-0.15, -0.1) is 0 Å². The van der Waals surface area contributed by atoms with Crippen molar-refractivity contribution in [3.63, 3.8) is 0 Å². The van der Waals surface area contributed by atoms with Crippen molar-refractivity contribution in [3.8, 4) is 5.75 Å². The van der Waals surface area contributed by atoms with E-state index >= 15 is 0 Å². The largest absolute Gasteiger partial charge is 0.489 e. The van der Waals surface area contributed by atoms with Crippen molar-refractivity contribution in [2.75, 3.05) is 19.8 Å². The fourth-order valence-electron chi connectivity index (χ4n) is 4.27. The molecule has 2 aromatic carbocycles. The normalized spacial score (nSPS) is 22.6. The molecule has 2 saturated heterocycles. The summed E-state index contributed by atoms with van der Waals surface area (Å²) >= 11 is 0. The lowest BCUT2D eigenvalue weighted by Gasteiger charge is -2.29. The number of fused-ring (bicyclic) bond motifs is 1. The van der Waals surface area contributed by atoms with Crippen molar-refractivity contribution < 1.29 is 32.8 Å². The molecule has 0 spiro atoms. The van der Waals surface area contributed by atoms with Crippen LogP contribution in [0.3, 0.4) is 0 Å². The van der Waals surface area contributed by atoms with Gasteiger partial charge in [0.05, 0.1) is 17.3 Å². The number of hydrogen-bond acceptors (Lipinski definition) is 6. The molecule has 9 heteroatoms. The minimum absolute atomic E-state index is 0.0484. The highest BCUT2D eigenvalue weighted by atomic mass is 16.5. The predicted octanol–water partition coefficient (Wildman–Crippen LogP) is 1.39. The Hall–Kier alpha value is -3.72. The second kappa shape index (κ2) is 9.26. The van der Waals surface area contributed by atoms with Crippen LogP contribution in [0.5, 0.6) is 5.75 Å². The fourth-order valence-corrected chi connectivity index (χ4v) is 4.27. The zero-order chi connectivity index (χ0) is 26.3. The van der Waals surface area contributed by atoms with E-state index in [2.05, 4.69) is 5.32 Å². The zero-order valence-corrected chi connectivity index (χ0v) is 18.3. The molecular weight excluding hydrogens is 438 g/mol. The van der Waals surface area contributed by atoms with Crippen molar-refractivity contribution >= 4 is 23.6 Å². The van der Waals surface area contributed by atoms with Gasteiger partial charge in [-0.1, -0.05) is 30.3 Å². The van der Waals surface area contributed by atoms with E-state index in [1.54, 1.807) is 30.3 Å². The van der Waals surface area contributed by atoms with Crippen LogP contribution in [0.2, 0.25) is 0 Å². The number of imide groups is 1. The van der Waals surface area contributed by atoms with E-state index in [1.165, 1.54) is 9.80 Å². The van der Waals surface area contributed by atoms with Gasteiger partial charge in [-0.2, -0.15) is 0 Å². The minimum Gasteiger partial charge on any atom is -0.489 e. The van der Waals surface area contributed by atoms with E-state index in [0.717, 1.165) is 0 Å². The third-order valence-corrected chi connectivity index (χ3v) is 6.07. The molecule has 3 aliphatic rings. The van der Waals surface area contributed by atoms with Gasteiger partial charge >= 0.3 is 0 Å². The van der Waals surface area contributed by atoms with Gasteiger partial charge in [0.15, 0.2) is 0 Å². The van der Waals surface area contributed by atoms with Crippen molar-refractivity contribution in [1.82, 2.24) is 15.1 Å². The molecule has 0 bridgehead atoms. The molecule has 0 radical (unpaired) electrons. The van der Waals surface area contributed by atoms with Crippen molar-refractivity contribution in [1.29, 1.82) is 0 Å². The van der Waals surface area contributed by atoms with Crippen LogP contribution >= 0.6 is 0 Å². The highest BCUT2D eigenvalue weighted by molar-refractivity contribution is 6.05. The Kier molecular flexibility index (Phi) is 5.09. The molecule has 0 aromatic heterocycles. The second-order valence-corrected chi connectivity index (χ2v) is 8.30. The third-order valence-electron chi connectivity index (χ3n) is 6.07. The summed E-state index contributed by atoms with van der Waals surface area (Å²) in [6.45, 7) is -0.539. The first kappa shape index (κ1) is 18.7. The van der Waals surface area contributed by atoms with E-state index in [-0.39, 0.29) is 74.5 Å². The number of carbonyl (C=O) groups excluding carboxylic acids is 4. The quantitative estimate of drug-likeness (QED) is 0.645. The Morgan fingerprint density at radius 2 is 1.97 bits per heavy atom. The van der Waals surface area contributed by atoms with Crippen LogP contribution in [-0.2, 0) is 38.8 Å². The maximum absolute atomic E-state index is 13.0. The molecular formula is C25H25N3O6. The number of morpholine rings is 1. The van der Waals surface area contributed by atoms with E-state index in [4.69, 9.17) is 13.6 Å². The number of rotatable bonds is 6. The first-order chi connectivity index (χ1) is 17.8. The Balaban J connectivity index is 1.31. The van der Waals surface area contributed by atoms with Crippen LogP contribution in [0.25, 0.3) is 0 Å². The fraction of sp³-hybridized carbons (Fsp3) is 0.360. The average Bonchev–Trinajstić information content (AvgIpc) is 3.21. The summed E-state index contributed by atoms with van der Waals surface area (Å²) in [7, 11) is 0. The molecule has 176 valence electrons. The summed E-state index contributed by atoms with van der Waals surface area (Å²) in [5.74, 6) is -1.06. The Morgan fingerprint density at radius 1 is 1.15 bits per heavy atom. The number of amides is 4. The number of ether oxygens (including phenoxy) is 2. The third kappa shape index (κ3) is 4.38. The summed E-state index contributed by atoms with van der Waals surface area (Å²) in [5.41, 5.74) is 1.69. The summed E-state index contributed by atoms with van der Waals surface area (Å²) in [5, 5.41) is 2.28. The van der Waals surface area contributed by atoms with Crippen molar-refractivity contribution in [2.24, 2.45) is 0 Å². The predicted molar refractivity (Wildman–Crippen MR) is 119 cm³/mol. The number of nitrogens with one attached hydrogen (secondary N) is 1. The maximum atomic E-state index is 13.0. The van der Waals surface area contributed by atoms with Gasteiger partial charge < -0.3 is 19.3 Å². The van der Waals surface area contributed by atoms with Gasteiger partial charge in [-0.3, -0.25) is 24.5 Å². The van der Waals surface area contributed by atoms with Crippen molar-refractivity contribution in [2.45, 2.75) is 38.6 Å². The smallest absolute Gasteiger partial charge is 0.255 e. The maximum Gasteiger partial charge on any atom is 0.255 e. The number of carbonyl (C=O) groups is 4. The number of hydrogen-bond donors (Lipinski definition) is 1. The van der Waals surface area contributed by atoms with Gasteiger partial charge in [-0.25, -0.2) is 0 Å². The summed E-state index contributed by atoms with van der Waals surface area (Å²) in [6, 6.07) is 7.19. The van der Waals surface area contributed by atoms with E-state index in [1.807, 2.05) is 0 Å². The van der Waals surface area contributed by atoms with E-state index in [0.29, 0.717) is 29.0 Å². The topological polar surface area (TPSA) is 105 Å². The Bertz CT molecular complexity index is 1300. The van der Waals surface area contributed by atoms with Gasteiger partial charge in [0.25, 0.3) is 5.91 Å². The van der Waals surface area contributed by atoms with Crippen LogP contribution in [0.15, 0.2) is 42.4 Å². The van der Waals surface area contributed by atoms with Gasteiger partial charge in [-0.05, 0) is 29.7 Å². The molecule has 2 atom stereocenters. The summed E-state index contributed by atoms with van der Waals surface area (Å²) in [4.78, 5) is 51.7. The van der Waals surface area contributed by atoms with Gasteiger partial charge in [0.2, 0.25) is 17.7 Å². The molecule has 0 saturated carbocycles. The molecule has 5 rings (SSSR count). The zero-order valence-electron chi connectivity index (χ0n) is 21.3. The lowest BCUT2D eigenvalue weighted by molar-refractivity contribution is -0.143. The number of nitrogens with zero attached hydrogens (tertiary/aromatic N) is 2. The average molecular weight is 467 g/mol.